The number of primary amides is 1. The van der Waals surface area contributed by atoms with Gasteiger partial charge in [-0.25, -0.2) is 0 Å². The summed E-state index contributed by atoms with van der Waals surface area (Å²) in [6.45, 7) is 6.21. The number of nitrogens with two attached hydrogens (primary N) is 1. The molecule has 126 valence electrons. The molecular formula is C17H25N3O3. The molecule has 0 saturated carbocycles. The quantitative estimate of drug-likeness (QED) is 0.837. The van der Waals surface area contributed by atoms with E-state index in [1.807, 2.05) is 24.3 Å². The first kappa shape index (κ1) is 17.3. The molecule has 0 aromatic heterocycles. The van der Waals surface area contributed by atoms with Crippen molar-refractivity contribution in [3.8, 4) is 0 Å². The summed E-state index contributed by atoms with van der Waals surface area (Å²) in [4.78, 5) is 27.7. The number of hydrogen-bond donors (Lipinski definition) is 2. The fourth-order valence-corrected chi connectivity index (χ4v) is 2.60. The highest BCUT2D eigenvalue weighted by molar-refractivity contribution is 5.87. The van der Waals surface area contributed by atoms with Crippen LogP contribution in [0.3, 0.4) is 0 Å². The van der Waals surface area contributed by atoms with E-state index in [2.05, 4.69) is 4.90 Å². The second-order valence-electron chi connectivity index (χ2n) is 6.62. The molecule has 1 aliphatic rings. The van der Waals surface area contributed by atoms with E-state index in [1.54, 1.807) is 18.7 Å². The Bertz CT molecular complexity index is 561. The maximum absolute atomic E-state index is 12.3. The lowest BCUT2D eigenvalue weighted by Crippen LogP contribution is -2.50. The molecular weight excluding hydrogens is 294 g/mol. The van der Waals surface area contributed by atoms with Crippen LogP contribution in [-0.4, -0.2) is 48.0 Å². The zero-order valence-corrected chi connectivity index (χ0v) is 13.8. The second-order valence-corrected chi connectivity index (χ2v) is 6.62. The van der Waals surface area contributed by atoms with E-state index in [4.69, 9.17) is 10.8 Å². The van der Waals surface area contributed by atoms with E-state index < -0.39 is 11.3 Å². The SMILES string of the molecule is CC(C)(CC(=O)N1CCN(c2ccc(CO)cc2)CC1)C(N)=O. The number of benzene rings is 1. The van der Waals surface area contributed by atoms with Crippen LogP contribution in [0.15, 0.2) is 24.3 Å². The number of aliphatic hydroxyl groups is 1. The Balaban J connectivity index is 1.90. The van der Waals surface area contributed by atoms with Gasteiger partial charge in [-0.3, -0.25) is 9.59 Å². The summed E-state index contributed by atoms with van der Waals surface area (Å²) in [6.07, 6.45) is 0.146. The van der Waals surface area contributed by atoms with Crippen LogP contribution in [0.4, 0.5) is 5.69 Å². The van der Waals surface area contributed by atoms with Crippen LogP contribution in [0.25, 0.3) is 0 Å². The van der Waals surface area contributed by atoms with Gasteiger partial charge < -0.3 is 20.6 Å². The second kappa shape index (κ2) is 7.00. The third-order valence-electron chi connectivity index (χ3n) is 4.38. The summed E-state index contributed by atoms with van der Waals surface area (Å²) >= 11 is 0. The Kier molecular flexibility index (Phi) is 5.26. The van der Waals surface area contributed by atoms with Crippen LogP contribution >= 0.6 is 0 Å². The van der Waals surface area contributed by atoms with Crippen molar-refractivity contribution < 1.29 is 14.7 Å². The number of carbonyl (C=O) groups is 2. The Labute approximate surface area is 136 Å². The van der Waals surface area contributed by atoms with Gasteiger partial charge in [-0.1, -0.05) is 26.0 Å². The third-order valence-corrected chi connectivity index (χ3v) is 4.38. The summed E-state index contributed by atoms with van der Waals surface area (Å²) < 4.78 is 0. The van der Waals surface area contributed by atoms with Crippen molar-refractivity contribution >= 4 is 17.5 Å². The van der Waals surface area contributed by atoms with E-state index >= 15 is 0 Å². The molecule has 2 rings (SSSR count). The lowest BCUT2D eigenvalue weighted by Gasteiger charge is -2.37. The van der Waals surface area contributed by atoms with Gasteiger partial charge in [0.1, 0.15) is 0 Å². The van der Waals surface area contributed by atoms with Gasteiger partial charge in [0, 0.05) is 38.3 Å². The van der Waals surface area contributed by atoms with E-state index in [9.17, 15) is 9.59 Å². The predicted molar refractivity (Wildman–Crippen MR) is 88.8 cm³/mol. The molecule has 1 saturated heterocycles. The van der Waals surface area contributed by atoms with Crippen molar-refractivity contribution in [2.75, 3.05) is 31.1 Å². The number of anilines is 1. The highest BCUT2D eigenvalue weighted by atomic mass is 16.3. The number of hydrogen-bond acceptors (Lipinski definition) is 4. The van der Waals surface area contributed by atoms with Crippen LogP contribution in [0.5, 0.6) is 0 Å². The van der Waals surface area contributed by atoms with Gasteiger partial charge in [-0.15, -0.1) is 0 Å². The van der Waals surface area contributed by atoms with Crippen molar-refractivity contribution in [1.82, 2.24) is 4.90 Å². The molecule has 1 aromatic carbocycles. The summed E-state index contributed by atoms with van der Waals surface area (Å²) in [7, 11) is 0. The molecule has 23 heavy (non-hydrogen) atoms. The lowest BCUT2D eigenvalue weighted by molar-refractivity contribution is -0.138. The molecule has 1 aliphatic heterocycles. The Morgan fingerprint density at radius 1 is 1.13 bits per heavy atom. The van der Waals surface area contributed by atoms with Gasteiger partial charge in [-0.05, 0) is 17.7 Å². The smallest absolute Gasteiger partial charge is 0.223 e. The molecule has 0 atom stereocenters. The van der Waals surface area contributed by atoms with Gasteiger partial charge in [0.15, 0.2) is 0 Å². The van der Waals surface area contributed by atoms with E-state index in [0.717, 1.165) is 24.3 Å². The van der Waals surface area contributed by atoms with Crippen molar-refractivity contribution in [3.63, 3.8) is 0 Å². The number of piperazine rings is 1. The van der Waals surface area contributed by atoms with Crippen LogP contribution in [-0.2, 0) is 16.2 Å². The predicted octanol–water partition coefficient (Wildman–Crippen LogP) is 0.729. The highest BCUT2D eigenvalue weighted by Crippen LogP contribution is 2.22. The highest BCUT2D eigenvalue weighted by Gasteiger charge is 2.31. The molecule has 0 aliphatic carbocycles. The monoisotopic (exact) mass is 319 g/mol. The first-order valence-electron chi connectivity index (χ1n) is 7.86. The number of amides is 2. The Morgan fingerprint density at radius 3 is 2.17 bits per heavy atom. The van der Waals surface area contributed by atoms with Crippen molar-refractivity contribution in [1.29, 1.82) is 0 Å². The number of nitrogens with zero attached hydrogens (tertiary/aromatic N) is 2. The fourth-order valence-electron chi connectivity index (χ4n) is 2.60. The number of aliphatic hydroxyl groups excluding tert-OH is 1. The van der Waals surface area contributed by atoms with Crippen molar-refractivity contribution in [2.45, 2.75) is 26.9 Å². The molecule has 1 heterocycles. The van der Waals surface area contributed by atoms with E-state index in [0.29, 0.717) is 13.1 Å². The van der Waals surface area contributed by atoms with Crippen LogP contribution in [0.1, 0.15) is 25.8 Å². The maximum Gasteiger partial charge on any atom is 0.223 e. The molecule has 6 nitrogen and oxygen atoms in total. The minimum Gasteiger partial charge on any atom is -0.392 e. The zero-order chi connectivity index (χ0) is 17.0. The third kappa shape index (κ3) is 4.22. The van der Waals surface area contributed by atoms with Crippen LogP contribution < -0.4 is 10.6 Å². The number of rotatable bonds is 5. The van der Waals surface area contributed by atoms with Gasteiger partial charge in [-0.2, -0.15) is 0 Å². The Hall–Kier alpha value is -2.08. The molecule has 0 radical (unpaired) electrons. The average molecular weight is 319 g/mol. The first-order valence-corrected chi connectivity index (χ1v) is 7.86. The van der Waals surface area contributed by atoms with Gasteiger partial charge in [0.25, 0.3) is 0 Å². The summed E-state index contributed by atoms with van der Waals surface area (Å²) in [5.74, 6) is -0.475. The minimum absolute atomic E-state index is 0.0240. The van der Waals surface area contributed by atoms with Crippen LogP contribution in [0, 0.1) is 5.41 Å². The van der Waals surface area contributed by atoms with E-state index in [1.165, 1.54) is 0 Å². The zero-order valence-electron chi connectivity index (χ0n) is 13.8. The molecule has 1 aromatic rings. The molecule has 0 bridgehead atoms. The average Bonchev–Trinajstić information content (AvgIpc) is 2.54. The summed E-state index contributed by atoms with van der Waals surface area (Å²) in [6, 6.07) is 7.78. The lowest BCUT2D eigenvalue weighted by atomic mass is 9.88. The first-order chi connectivity index (χ1) is 10.8. The van der Waals surface area contributed by atoms with Gasteiger partial charge in [0.05, 0.1) is 12.0 Å². The molecule has 0 spiro atoms. The molecule has 2 amide bonds. The minimum atomic E-state index is -0.811. The summed E-state index contributed by atoms with van der Waals surface area (Å²) in [5.41, 5.74) is 6.50. The van der Waals surface area contributed by atoms with Crippen LogP contribution in [0.2, 0.25) is 0 Å². The molecule has 3 N–H and O–H groups in total. The standard InChI is InChI=1S/C17H25N3O3/c1-17(2,16(18)23)11-15(22)20-9-7-19(8-10-20)14-5-3-13(12-21)4-6-14/h3-6,21H,7-12H2,1-2H3,(H2,18,23). The van der Waals surface area contributed by atoms with E-state index in [-0.39, 0.29) is 18.9 Å². The fraction of sp³-hybridized carbons (Fsp3) is 0.529. The maximum atomic E-state index is 12.3. The van der Waals surface area contributed by atoms with Gasteiger partial charge >= 0.3 is 0 Å². The summed E-state index contributed by atoms with van der Waals surface area (Å²) in [5, 5.41) is 9.08. The number of carbonyl (C=O) groups excluding carboxylic acids is 2. The van der Waals surface area contributed by atoms with Crippen molar-refractivity contribution in [3.05, 3.63) is 29.8 Å². The largest absolute Gasteiger partial charge is 0.392 e. The van der Waals surface area contributed by atoms with Crippen molar-refractivity contribution in [2.24, 2.45) is 11.1 Å². The molecule has 6 heteroatoms. The molecule has 0 unspecified atom stereocenters. The normalized spacial score (nSPS) is 15.6. The molecule has 1 fully saturated rings. The Morgan fingerprint density at radius 2 is 1.70 bits per heavy atom. The topological polar surface area (TPSA) is 86.9 Å². The van der Waals surface area contributed by atoms with Gasteiger partial charge in [0.2, 0.25) is 11.8 Å².